The Balaban J connectivity index is 2.41. The summed E-state index contributed by atoms with van der Waals surface area (Å²) >= 11 is 0. The first-order valence-corrected chi connectivity index (χ1v) is 6.17. The van der Waals surface area contributed by atoms with Crippen molar-refractivity contribution in [2.45, 2.75) is 58.8 Å². The van der Waals surface area contributed by atoms with Crippen LogP contribution in [0.1, 0.15) is 58.8 Å². The number of unbranched alkanes of at least 4 members (excludes halogenated alkanes) is 2. The molecule has 0 N–H and O–H groups in total. The maximum atomic E-state index is 11.6. The van der Waals surface area contributed by atoms with E-state index in [2.05, 4.69) is 6.92 Å². The SMILES string of the molecule is CCCCCC1C(=O)CCC1CC(C)=O. The predicted molar refractivity (Wildman–Crippen MR) is 60.7 cm³/mol. The van der Waals surface area contributed by atoms with Crippen molar-refractivity contribution < 1.29 is 9.59 Å². The maximum Gasteiger partial charge on any atom is 0.136 e. The number of carbonyl (C=O) groups excluding carboxylic acids is 2. The fourth-order valence-electron chi connectivity index (χ4n) is 2.60. The van der Waals surface area contributed by atoms with Crippen LogP contribution in [0.5, 0.6) is 0 Å². The van der Waals surface area contributed by atoms with Crippen LogP contribution in [0.15, 0.2) is 0 Å². The minimum Gasteiger partial charge on any atom is -0.300 e. The summed E-state index contributed by atoms with van der Waals surface area (Å²) in [6, 6.07) is 0. The van der Waals surface area contributed by atoms with E-state index < -0.39 is 0 Å². The van der Waals surface area contributed by atoms with Gasteiger partial charge < -0.3 is 4.79 Å². The lowest BCUT2D eigenvalue weighted by atomic mass is 9.87. The summed E-state index contributed by atoms with van der Waals surface area (Å²) in [4.78, 5) is 22.7. The van der Waals surface area contributed by atoms with Gasteiger partial charge in [-0.15, -0.1) is 0 Å². The van der Waals surface area contributed by atoms with Gasteiger partial charge in [0.1, 0.15) is 11.6 Å². The van der Waals surface area contributed by atoms with Crippen molar-refractivity contribution in [1.82, 2.24) is 0 Å². The number of hydrogen-bond donors (Lipinski definition) is 0. The molecule has 0 bridgehead atoms. The molecule has 0 aromatic heterocycles. The Hall–Kier alpha value is -0.660. The molecule has 0 aromatic rings. The van der Waals surface area contributed by atoms with Crippen LogP contribution in [0, 0.1) is 11.8 Å². The molecule has 86 valence electrons. The molecule has 0 heterocycles. The summed E-state index contributed by atoms with van der Waals surface area (Å²) in [5, 5.41) is 0. The van der Waals surface area contributed by atoms with Crippen molar-refractivity contribution in [2.24, 2.45) is 11.8 Å². The van der Waals surface area contributed by atoms with Crippen LogP contribution < -0.4 is 0 Å². The van der Waals surface area contributed by atoms with E-state index in [0.717, 1.165) is 19.3 Å². The molecule has 0 radical (unpaired) electrons. The predicted octanol–water partition coefficient (Wildman–Crippen LogP) is 3.14. The maximum absolute atomic E-state index is 11.6. The molecule has 2 nitrogen and oxygen atoms in total. The van der Waals surface area contributed by atoms with E-state index in [-0.39, 0.29) is 11.7 Å². The van der Waals surface area contributed by atoms with E-state index in [1.165, 1.54) is 12.8 Å². The van der Waals surface area contributed by atoms with Crippen LogP contribution in [0.2, 0.25) is 0 Å². The molecule has 0 spiro atoms. The zero-order valence-electron chi connectivity index (χ0n) is 9.92. The van der Waals surface area contributed by atoms with Gasteiger partial charge in [0.25, 0.3) is 0 Å². The van der Waals surface area contributed by atoms with Gasteiger partial charge in [-0.25, -0.2) is 0 Å². The van der Waals surface area contributed by atoms with Gasteiger partial charge in [-0.3, -0.25) is 4.79 Å². The molecule has 1 rings (SSSR count). The lowest BCUT2D eigenvalue weighted by Gasteiger charge is -2.16. The number of Topliss-reactive ketones (excluding diaryl/α,β-unsaturated/α-hetero) is 2. The Morgan fingerprint density at radius 2 is 2.13 bits per heavy atom. The highest BCUT2D eigenvalue weighted by atomic mass is 16.1. The second kappa shape index (κ2) is 6.04. The van der Waals surface area contributed by atoms with Gasteiger partial charge in [-0.05, 0) is 25.7 Å². The monoisotopic (exact) mass is 210 g/mol. The third kappa shape index (κ3) is 3.77. The zero-order chi connectivity index (χ0) is 11.3. The van der Waals surface area contributed by atoms with Crippen molar-refractivity contribution in [3.8, 4) is 0 Å². The summed E-state index contributed by atoms with van der Waals surface area (Å²) in [7, 11) is 0. The third-order valence-electron chi connectivity index (χ3n) is 3.41. The Labute approximate surface area is 92.4 Å². The molecule has 0 aliphatic heterocycles. The molecule has 2 unspecified atom stereocenters. The van der Waals surface area contributed by atoms with Crippen LogP contribution in [0.4, 0.5) is 0 Å². The van der Waals surface area contributed by atoms with Crippen LogP contribution in [-0.2, 0) is 9.59 Å². The van der Waals surface area contributed by atoms with E-state index in [1.54, 1.807) is 6.92 Å². The number of rotatable bonds is 6. The molecule has 0 amide bonds. The molecule has 15 heavy (non-hydrogen) atoms. The normalized spacial score (nSPS) is 25.9. The van der Waals surface area contributed by atoms with E-state index in [9.17, 15) is 9.59 Å². The molecule has 2 heteroatoms. The first kappa shape index (κ1) is 12.4. The molecule has 1 saturated carbocycles. The molecule has 1 aliphatic rings. The Morgan fingerprint density at radius 1 is 1.40 bits per heavy atom. The van der Waals surface area contributed by atoms with Crippen LogP contribution in [0.25, 0.3) is 0 Å². The average Bonchev–Trinajstić information content (AvgIpc) is 2.49. The summed E-state index contributed by atoms with van der Waals surface area (Å²) in [5.41, 5.74) is 0. The molecule has 0 saturated heterocycles. The van der Waals surface area contributed by atoms with E-state index in [4.69, 9.17) is 0 Å². The average molecular weight is 210 g/mol. The molecule has 1 aliphatic carbocycles. The number of carbonyl (C=O) groups is 2. The smallest absolute Gasteiger partial charge is 0.136 e. The van der Waals surface area contributed by atoms with Crippen molar-refractivity contribution in [1.29, 1.82) is 0 Å². The summed E-state index contributed by atoms with van der Waals surface area (Å²) < 4.78 is 0. The van der Waals surface area contributed by atoms with Crippen LogP contribution in [-0.4, -0.2) is 11.6 Å². The summed E-state index contributed by atoms with van der Waals surface area (Å²) in [6.45, 7) is 3.80. The lowest BCUT2D eigenvalue weighted by molar-refractivity contribution is -0.122. The highest BCUT2D eigenvalue weighted by molar-refractivity contribution is 5.85. The van der Waals surface area contributed by atoms with Crippen molar-refractivity contribution in [3.05, 3.63) is 0 Å². The van der Waals surface area contributed by atoms with Crippen molar-refractivity contribution in [2.75, 3.05) is 0 Å². The number of ketones is 2. The molecule has 1 fully saturated rings. The third-order valence-corrected chi connectivity index (χ3v) is 3.41. The Bertz CT molecular complexity index is 233. The fourth-order valence-corrected chi connectivity index (χ4v) is 2.60. The van der Waals surface area contributed by atoms with E-state index >= 15 is 0 Å². The van der Waals surface area contributed by atoms with Crippen LogP contribution >= 0.6 is 0 Å². The van der Waals surface area contributed by atoms with E-state index in [0.29, 0.717) is 24.5 Å². The largest absolute Gasteiger partial charge is 0.300 e. The van der Waals surface area contributed by atoms with Gasteiger partial charge in [0, 0.05) is 18.8 Å². The van der Waals surface area contributed by atoms with Gasteiger partial charge in [0.15, 0.2) is 0 Å². The lowest BCUT2D eigenvalue weighted by Crippen LogP contribution is -2.17. The van der Waals surface area contributed by atoms with Crippen LogP contribution in [0.3, 0.4) is 0 Å². The quantitative estimate of drug-likeness (QED) is 0.631. The summed E-state index contributed by atoms with van der Waals surface area (Å²) in [5.74, 6) is 1.18. The topological polar surface area (TPSA) is 34.1 Å². The van der Waals surface area contributed by atoms with Gasteiger partial charge in [-0.1, -0.05) is 26.2 Å². The molecular weight excluding hydrogens is 188 g/mol. The van der Waals surface area contributed by atoms with Crippen molar-refractivity contribution in [3.63, 3.8) is 0 Å². The fraction of sp³-hybridized carbons (Fsp3) is 0.846. The van der Waals surface area contributed by atoms with E-state index in [1.807, 2.05) is 0 Å². The zero-order valence-corrected chi connectivity index (χ0v) is 9.92. The second-order valence-electron chi connectivity index (χ2n) is 4.77. The van der Waals surface area contributed by atoms with Gasteiger partial charge in [0.05, 0.1) is 0 Å². The minimum absolute atomic E-state index is 0.195. The molecular formula is C13H22O2. The van der Waals surface area contributed by atoms with Gasteiger partial charge >= 0.3 is 0 Å². The highest BCUT2D eigenvalue weighted by Gasteiger charge is 2.34. The van der Waals surface area contributed by atoms with Gasteiger partial charge in [0.2, 0.25) is 0 Å². The number of hydrogen-bond acceptors (Lipinski definition) is 2. The Kier molecular flexibility index (Phi) is 5.00. The Morgan fingerprint density at radius 3 is 2.73 bits per heavy atom. The highest BCUT2D eigenvalue weighted by Crippen LogP contribution is 2.35. The first-order valence-electron chi connectivity index (χ1n) is 6.17. The standard InChI is InChI=1S/C13H22O2/c1-3-4-5-6-12-11(9-10(2)14)7-8-13(12)15/h11-12H,3-9H2,1-2H3. The minimum atomic E-state index is 0.195. The van der Waals surface area contributed by atoms with Crippen molar-refractivity contribution >= 4 is 11.6 Å². The molecule has 2 atom stereocenters. The second-order valence-corrected chi connectivity index (χ2v) is 4.77. The first-order chi connectivity index (χ1) is 7.15. The van der Waals surface area contributed by atoms with Gasteiger partial charge in [-0.2, -0.15) is 0 Å². The molecule has 0 aromatic carbocycles. The summed E-state index contributed by atoms with van der Waals surface area (Å²) in [6.07, 6.45) is 6.80.